The predicted octanol–water partition coefficient (Wildman–Crippen LogP) is 1.66. The first-order chi connectivity index (χ1) is 10.3. The number of piperidine rings is 1. The third-order valence-corrected chi connectivity index (χ3v) is 6.23. The van der Waals surface area contributed by atoms with E-state index in [1.807, 2.05) is 11.3 Å². The van der Waals surface area contributed by atoms with Gasteiger partial charge in [0.15, 0.2) is 0 Å². The second-order valence-electron chi connectivity index (χ2n) is 6.28. The fraction of sp³-hybridized carbons (Fsp3) is 0.625. The van der Waals surface area contributed by atoms with Crippen LogP contribution in [-0.2, 0) is 12.8 Å². The number of aromatic nitrogens is 2. The average Bonchev–Trinajstić information content (AvgIpc) is 3.09. The molecule has 0 saturated carbocycles. The summed E-state index contributed by atoms with van der Waals surface area (Å²) in [7, 11) is 0. The van der Waals surface area contributed by atoms with Gasteiger partial charge in [-0.3, -0.25) is 0 Å². The van der Waals surface area contributed by atoms with Crippen LogP contribution in [0, 0.1) is 0 Å². The first kappa shape index (κ1) is 13.5. The number of thiophene rings is 1. The lowest BCUT2D eigenvalue weighted by Crippen LogP contribution is -3.13. The molecule has 0 spiro atoms. The summed E-state index contributed by atoms with van der Waals surface area (Å²) in [6.45, 7) is 6.10. The minimum Gasteiger partial charge on any atom is -0.366 e. The van der Waals surface area contributed by atoms with Gasteiger partial charge in [0.1, 0.15) is 17.0 Å². The summed E-state index contributed by atoms with van der Waals surface area (Å²) in [5.74, 6) is 1.09. The molecule has 1 aliphatic carbocycles. The minimum atomic E-state index is 0.579. The molecule has 1 fully saturated rings. The molecule has 112 valence electrons. The second-order valence-corrected chi connectivity index (χ2v) is 7.37. The van der Waals surface area contributed by atoms with Crippen LogP contribution in [0.3, 0.4) is 0 Å². The highest BCUT2D eigenvalue weighted by Crippen LogP contribution is 2.39. The number of likely N-dealkylation sites (tertiary alicyclic amines) is 1. The maximum atomic E-state index is 4.57. The molecule has 2 aromatic heterocycles. The number of fused-ring (bicyclic) bond motifs is 3. The molecule has 5 heteroatoms. The lowest BCUT2D eigenvalue weighted by atomic mass is 10.0. The van der Waals surface area contributed by atoms with Gasteiger partial charge in [-0.25, -0.2) is 9.97 Å². The van der Waals surface area contributed by atoms with Crippen LogP contribution in [0.4, 0.5) is 5.82 Å². The van der Waals surface area contributed by atoms with Crippen molar-refractivity contribution in [2.45, 2.75) is 45.1 Å². The molecular weight excluding hydrogens is 280 g/mol. The van der Waals surface area contributed by atoms with Crippen molar-refractivity contribution in [3.63, 3.8) is 0 Å². The predicted molar refractivity (Wildman–Crippen MR) is 87.3 cm³/mol. The summed E-state index contributed by atoms with van der Waals surface area (Å²) in [5, 5.41) is 5.05. The van der Waals surface area contributed by atoms with Crippen LogP contribution in [0.25, 0.3) is 10.2 Å². The first-order valence-corrected chi connectivity index (χ1v) is 9.02. The topological polar surface area (TPSA) is 42.2 Å². The Bertz CT molecular complexity index is 643. The number of nitrogens with one attached hydrogen (secondary N) is 2. The number of aryl methyl sites for hydroxylation is 2. The molecule has 1 saturated heterocycles. The van der Waals surface area contributed by atoms with Crippen molar-refractivity contribution in [3.05, 3.63) is 16.8 Å². The van der Waals surface area contributed by atoms with Crippen LogP contribution >= 0.6 is 11.3 Å². The quantitative estimate of drug-likeness (QED) is 0.906. The van der Waals surface area contributed by atoms with Crippen molar-refractivity contribution >= 4 is 27.4 Å². The Labute approximate surface area is 129 Å². The Morgan fingerprint density at radius 1 is 1.29 bits per heavy atom. The molecular formula is C16H23N4S+. The maximum absolute atomic E-state index is 4.57. The highest BCUT2D eigenvalue weighted by molar-refractivity contribution is 7.19. The Morgan fingerprint density at radius 3 is 2.95 bits per heavy atom. The third-order valence-electron chi connectivity index (χ3n) is 5.03. The number of hydrogen-bond donors (Lipinski definition) is 2. The third kappa shape index (κ3) is 2.42. The Balaban J connectivity index is 1.59. The fourth-order valence-electron chi connectivity index (χ4n) is 3.76. The summed E-state index contributed by atoms with van der Waals surface area (Å²) < 4.78 is 0. The monoisotopic (exact) mass is 303 g/mol. The minimum absolute atomic E-state index is 0.579. The summed E-state index contributed by atoms with van der Waals surface area (Å²) in [6, 6.07) is 0.579. The summed E-state index contributed by atoms with van der Waals surface area (Å²) in [4.78, 5) is 13.5. The molecule has 21 heavy (non-hydrogen) atoms. The highest BCUT2D eigenvalue weighted by atomic mass is 32.1. The van der Waals surface area contributed by atoms with E-state index in [1.165, 1.54) is 67.5 Å². The lowest BCUT2D eigenvalue weighted by molar-refractivity contribution is -0.903. The van der Waals surface area contributed by atoms with Crippen LogP contribution in [-0.4, -0.2) is 35.6 Å². The molecule has 1 aliphatic heterocycles. The van der Waals surface area contributed by atoms with Crippen molar-refractivity contribution in [3.8, 4) is 0 Å². The molecule has 2 N–H and O–H groups in total. The number of anilines is 1. The van der Waals surface area contributed by atoms with E-state index in [1.54, 1.807) is 16.1 Å². The van der Waals surface area contributed by atoms with Gasteiger partial charge in [-0.2, -0.15) is 0 Å². The van der Waals surface area contributed by atoms with Crippen LogP contribution < -0.4 is 10.2 Å². The summed E-state index contributed by atoms with van der Waals surface area (Å²) >= 11 is 1.87. The average molecular weight is 303 g/mol. The number of hydrogen-bond acceptors (Lipinski definition) is 4. The van der Waals surface area contributed by atoms with Crippen LogP contribution in [0.5, 0.6) is 0 Å². The molecule has 4 rings (SSSR count). The van der Waals surface area contributed by atoms with Gasteiger partial charge in [-0.1, -0.05) is 0 Å². The van der Waals surface area contributed by atoms with Gasteiger partial charge in [-0.15, -0.1) is 11.3 Å². The van der Waals surface area contributed by atoms with Crippen LogP contribution in [0.2, 0.25) is 0 Å². The SMILES string of the molecule is CC[NH+]1CCC(Nc2ncnc3sc4c(c23)CCC4)CC1. The van der Waals surface area contributed by atoms with Crippen LogP contribution in [0.1, 0.15) is 36.6 Å². The molecule has 0 unspecified atom stereocenters. The van der Waals surface area contributed by atoms with E-state index < -0.39 is 0 Å². The standard InChI is InChI=1S/C16H22N4S/c1-2-20-8-6-11(7-9-20)19-15-14-12-4-3-5-13(12)21-16(14)18-10-17-15/h10-11H,2-9H2,1H3,(H,17,18,19)/p+1. The highest BCUT2D eigenvalue weighted by Gasteiger charge is 2.24. The van der Waals surface area contributed by atoms with E-state index in [2.05, 4.69) is 22.2 Å². The van der Waals surface area contributed by atoms with E-state index in [0.29, 0.717) is 6.04 Å². The molecule has 4 nitrogen and oxygen atoms in total. The number of nitrogens with zero attached hydrogens (tertiary/aromatic N) is 2. The van der Waals surface area contributed by atoms with E-state index >= 15 is 0 Å². The normalized spacial score (nSPS) is 25.2. The Hall–Kier alpha value is -1.20. The molecule has 0 radical (unpaired) electrons. The lowest BCUT2D eigenvalue weighted by Gasteiger charge is -2.29. The molecule has 0 atom stereocenters. The number of rotatable bonds is 3. The number of quaternary nitrogens is 1. The first-order valence-electron chi connectivity index (χ1n) is 8.20. The van der Waals surface area contributed by atoms with E-state index in [9.17, 15) is 0 Å². The Kier molecular flexibility index (Phi) is 3.55. The van der Waals surface area contributed by atoms with Crippen molar-refractivity contribution in [1.82, 2.24) is 9.97 Å². The van der Waals surface area contributed by atoms with E-state index in [-0.39, 0.29) is 0 Å². The van der Waals surface area contributed by atoms with Crippen LogP contribution in [0.15, 0.2) is 6.33 Å². The molecule has 3 heterocycles. The zero-order valence-corrected chi connectivity index (χ0v) is 13.4. The van der Waals surface area contributed by atoms with Crippen molar-refractivity contribution in [2.75, 3.05) is 25.0 Å². The van der Waals surface area contributed by atoms with Gasteiger partial charge in [0, 0.05) is 23.8 Å². The van der Waals surface area contributed by atoms with E-state index in [4.69, 9.17) is 0 Å². The van der Waals surface area contributed by atoms with Crippen molar-refractivity contribution in [2.24, 2.45) is 0 Å². The van der Waals surface area contributed by atoms with Gasteiger partial charge in [-0.05, 0) is 31.7 Å². The zero-order chi connectivity index (χ0) is 14.2. The smallest absolute Gasteiger partial charge is 0.138 e. The summed E-state index contributed by atoms with van der Waals surface area (Å²) in [5.41, 5.74) is 1.52. The van der Waals surface area contributed by atoms with Gasteiger partial charge in [0.2, 0.25) is 0 Å². The molecule has 0 aromatic carbocycles. The Morgan fingerprint density at radius 2 is 2.14 bits per heavy atom. The molecule has 2 aromatic rings. The van der Waals surface area contributed by atoms with E-state index in [0.717, 1.165) is 5.82 Å². The van der Waals surface area contributed by atoms with Gasteiger partial charge in [0.05, 0.1) is 25.0 Å². The van der Waals surface area contributed by atoms with Crippen molar-refractivity contribution < 1.29 is 4.90 Å². The maximum Gasteiger partial charge on any atom is 0.138 e. The second kappa shape index (κ2) is 5.54. The zero-order valence-electron chi connectivity index (χ0n) is 12.6. The molecule has 0 amide bonds. The van der Waals surface area contributed by atoms with Crippen molar-refractivity contribution in [1.29, 1.82) is 0 Å². The van der Waals surface area contributed by atoms with Gasteiger partial charge >= 0.3 is 0 Å². The molecule has 2 aliphatic rings. The summed E-state index contributed by atoms with van der Waals surface area (Å²) in [6.07, 6.45) is 7.96. The fourth-order valence-corrected chi connectivity index (χ4v) is 4.98. The molecule has 0 bridgehead atoms. The largest absolute Gasteiger partial charge is 0.366 e. The van der Waals surface area contributed by atoms with Gasteiger partial charge in [0.25, 0.3) is 0 Å². The van der Waals surface area contributed by atoms with Gasteiger partial charge < -0.3 is 10.2 Å².